The molecule has 0 saturated heterocycles. The largest absolute Gasteiger partial charge is 0.303 e. The van der Waals surface area contributed by atoms with Crippen LogP contribution in [0.15, 0.2) is 42.0 Å². The van der Waals surface area contributed by atoms with Crippen LogP contribution in [0.5, 0.6) is 0 Å². The number of nitriles is 2. The number of para-hydroxylation sites is 1. The van der Waals surface area contributed by atoms with Gasteiger partial charge in [0.05, 0.1) is 22.7 Å². The Morgan fingerprint density at radius 1 is 1.37 bits per heavy atom. The lowest BCUT2D eigenvalue weighted by atomic mass is 10.2. The summed E-state index contributed by atoms with van der Waals surface area (Å²) in [4.78, 5) is 3.94. The number of benzene rings is 1. The Labute approximate surface area is 114 Å². The van der Waals surface area contributed by atoms with E-state index < -0.39 is 0 Å². The minimum Gasteiger partial charge on any atom is -0.303 e. The van der Waals surface area contributed by atoms with Gasteiger partial charge in [0, 0.05) is 12.4 Å². The van der Waals surface area contributed by atoms with E-state index in [0.29, 0.717) is 16.4 Å². The monoisotopic (exact) mass is 270 g/mol. The quantitative estimate of drug-likeness (QED) is 0.685. The van der Waals surface area contributed by atoms with Gasteiger partial charge in [-0.1, -0.05) is 17.7 Å². The van der Waals surface area contributed by atoms with Gasteiger partial charge in [0.15, 0.2) is 0 Å². The van der Waals surface area contributed by atoms with Crippen LogP contribution in [0, 0.1) is 22.7 Å². The van der Waals surface area contributed by atoms with Gasteiger partial charge in [0.25, 0.3) is 0 Å². The fraction of sp³-hybridized carbons (Fsp3) is 0. The maximum absolute atomic E-state index is 8.63. The van der Waals surface area contributed by atoms with Gasteiger partial charge in [-0.15, -0.1) is 0 Å². The second-order valence-electron chi connectivity index (χ2n) is 3.40. The molecule has 2 rings (SSSR count). The van der Waals surface area contributed by atoms with Crippen molar-refractivity contribution in [1.82, 2.24) is 9.55 Å². The highest BCUT2D eigenvalue weighted by atomic mass is 35.5. The average Bonchev–Trinajstić information content (AvgIpc) is 2.93. The minimum atomic E-state index is -0.267. The molecule has 6 nitrogen and oxygen atoms in total. The Morgan fingerprint density at radius 2 is 2.16 bits per heavy atom. The van der Waals surface area contributed by atoms with Gasteiger partial charge in [0.2, 0.25) is 5.71 Å². The van der Waals surface area contributed by atoms with Gasteiger partial charge < -0.3 is 4.57 Å². The summed E-state index contributed by atoms with van der Waals surface area (Å²) in [5.41, 5.74) is 3.59. The number of nitrogens with one attached hydrogen (secondary N) is 1. The molecule has 0 radical (unpaired) electrons. The lowest BCUT2D eigenvalue weighted by Gasteiger charge is -2.11. The second-order valence-corrected chi connectivity index (χ2v) is 3.81. The number of hydrazone groups is 1. The summed E-state index contributed by atoms with van der Waals surface area (Å²) in [5, 5.41) is 21.4. The smallest absolute Gasteiger partial charge is 0.237 e. The van der Waals surface area contributed by atoms with Crippen molar-refractivity contribution in [3.63, 3.8) is 0 Å². The first-order chi connectivity index (χ1) is 9.26. The third kappa shape index (κ3) is 2.71. The van der Waals surface area contributed by atoms with Crippen molar-refractivity contribution in [1.29, 1.82) is 10.5 Å². The second kappa shape index (κ2) is 5.67. The maximum atomic E-state index is 8.63. The third-order valence-corrected chi connectivity index (χ3v) is 2.55. The summed E-state index contributed by atoms with van der Waals surface area (Å²) in [6, 6.07) is 8.52. The Bertz CT molecular complexity index is 674. The van der Waals surface area contributed by atoms with E-state index in [1.807, 2.05) is 0 Å². The van der Waals surface area contributed by atoms with Crippen LogP contribution in [-0.4, -0.2) is 15.3 Å². The van der Waals surface area contributed by atoms with E-state index in [4.69, 9.17) is 22.1 Å². The summed E-state index contributed by atoms with van der Waals surface area (Å²) < 4.78 is 1.71. The molecular formula is C12H7ClN6. The molecule has 1 N–H and O–H groups in total. The Balaban J connectivity index is 2.43. The van der Waals surface area contributed by atoms with Crippen molar-refractivity contribution in [3.8, 4) is 17.8 Å². The van der Waals surface area contributed by atoms with E-state index in [1.165, 1.54) is 0 Å². The van der Waals surface area contributed by atoms with Crippen LogP contribution in [-0.2, 0) is 0 Å². The molecule has 19 heavy (non-hydrogen) atoms. The van der Waals surface area contributed by atoms with Crippen LogP contribution >= 0.6 is 11.6 Å². The summed E-state index contributed by atoms with van der Waals surface area (Å²) in [5.74, 6) is 0. The van der Waals surface area contributed by atoms with Crippen LogP contribution in [0.3, 0.4) is 0 Å². The zero-order valence-corrected chi connectivity index (χ0v) is 10.3. The molecule has 0 unspecified atom stereocenters. The molecule has 0 bridgehead atoms. The van der Waals surface area contributed by atoms with Gasteiger partial charge in [-0.2, -0.15) is 15.6 Å². The summed E-state index contributed by atoms with van der Waals surface area (Å²) >= 11 is 6.14. The number of anilines is 1. The van der Waals surface area contributed by atoms with Crippen LogP contribution in [0.1, 0.15) is 0 Å². The molecule has 0 fully saturated rings. The molecule has 0 aliphatic heterocycles. The highest BCUT2D eigenvalue weighted by Crippen LogP contribution is 2.28. The van der Waals surface area contributed by atoms with Gasteiger partial charge in [0.1, 0.15) is 12.1 Å². The number of hydrogen-bond acceptors (Lipinski definition) is 5. The molecule has 0 aliphatic rings. The van der Waals surface area contributed by atoms with Gasteiger partial charge >= 0.3 is 0 Å². The molecule has 0 atom stereocenters. The van der Waals surface area contributed by atoms with Crippen molar-refractivity contribution < 1.29 is 0 Å². The van der Waals surface area contributed by atoms with Crippen LogP contribution in [0.2, 0.25) is 5.02 Å². The number of rotatable bonds is 3. The predicted molar refractivity (Wildman–Crippen MR) is 70.9 cm³/mol. The van der Waals surface area contributed by atoms with Gasteiger partial charge in [-0.25, -0.2) is 4.98 Å². The number of nitrogens with zero attached hydrogens (tertiary/aromatic N) is 5. The highest BCUT2D eigenvalue weighted by molar-refractivity contribution is 6.33. The maximum Gasteiger partial charge on any atom is 0.237 e. The summed E-state index contributed by atoms with van der Waals surface area (Å²) in [6.45, 7) is 0. The molecule has 0 amide bonds. The minimum absolute atomic E-state index is 0.267. The Morgan fingerprint density at radius 3 is 2.79 bits per heavy atom. The van der Waals surface area contributed by atoms with Crippen molar-refractivity contribution in [2.75, 3.05) is 5.43 Å². The number of imidazole rings is 1. The number of hydrogen-bond donors (Lipinski definition) is 1. The van der Waals surface area contributed by atoms with Crippen molar-refractivity contribution in [2.24, 2.45) is 5.10 Å². The Hall–Kier alpha value is -2.83. The van der Waals surface area contributed by atoms with Crippen LogP contribution < -0.4 is 5.43 Å². The first-order valence-corrected chi connectivity index (χ1v) is 5.55. The fourth-order valence-corrected chi connectivity index (χ4v) is 1.72. The van der Waals surface area contributed by atoms with E-state index in [2.05, 4.69) is 15.5 Å². The van der Waals surface area contributed by atoms with Crippen LogP contribution in [0.25, 0.3) is 5.69 Å². The zero-order valence-electron chi connectivity index (χ0n) is 9.58. The standard InChI is InChI=1S/C12H7ClN6/c13-10-2-1-3-11(18-17-9(6-14)7-15)12(10)19-5-4-16-8-19/h1-5,8,18H. The molecule has 0 spiro atoms. The van der Waals surface area contributed by atoms with E-state index in [9.17, 15) is 0 Å². The zero-order chi connectivity index (χ0) is 13.7. The Kier molecular flexibility index (Phi) is 3.77. The first-order valence-electron chi connectivity index (χ1n) is 5.17. The molecule has 0 aliphatic carbocycles. The SMILES string of the molecule is N#CC(C#N)=NNc1cccc(Cl)c1-n1ccnc1. The lowest BCUT2D eigenvalue weighted by molar-refractivity contribution is 1.05. The summed E-state index contributed by atoms with van der Waals surface area (Å²) in [7, 11) is 0. The average molecular weight is 271 g/mol. The van der Waals surface area contributed by atoms with Crippen LogP contribution in [0.4, 0.5) is 5.69 Å². The lowest BCUT2D eigenvalue weighted by Crippen LogP contribution is -2.01. The predicted octanol–water partition coefficient (Wildman–Crippen LogP) is 2.34. The number of aromatic nitrogens is 2. The highest BCUT2D eigenvalue weighted by Gasteiger charge is 2.08. The van der Waals surface area contributed by atoms with Crippen molar-refractivity contribution in [3.05, 3.63) is 41.9 Å². The molecule has 1 aromatic heterocycles. The molecular weight excluding hydrogens is 264 g/mol. The topological polar surface area (TPSA) is 89.8 Å². The molecule has 1 heterocycles. The van der Waals surface area contributed by atoms with Gasteiger partial charge in [-0.3, -0.25) is 5.43 Å². The van der Waals surface area contributed by atoms with E-state index in [0.717, 1.165) is 0 Å². The van der Waals surface area contributed by atoms with E-state index in [-0.39, 0.29) is 5.71 Å². The molecule has 92 valence electrons. The third-order valence-electron chi connectivity index (χ3n) is 2.25. The molecule has 0 saturated carbocycles. The number of halogens is 1. The normalized spacial score (nSPS) is 9.21. The molecule has 7 heteroatoms. The van der Waals surface area contributed by atoms with E-state index >= 15 is 0 Å². The van der Waals surface area contributed by atoms with Crippen molar-refractivity contribution >= 4 is 23.0 Å². The molecule has 2 aromatic rings. The van der Waals surface area contributed by atoms with Gasteiger partial charge in [-0.05, 0) is 12.1 Å². The first kappa shape index (κ1) is 12.6. The summed E-state index contributed by atoms with van der Waals surface area (Å²) in [6.07, 6.45) is 4.93. The fourth-order valence-electron chi connectivity index (χ4n) is 1.45. The molecule has 1 aromatic carbocycles. The van der Waals surface area contributed by atoms with Crippen molar-refractivity contribution in [2.45, 2.75) is 0 Å². The van der Waals surface area contributed by atoms with E-state index in [1.54, 1.807) is 53.6 Å².